The van der Waals surface area contributed by atoms with Crippen molar-refractivity contribution in [1.82, 2.24) is 9.88 Å². The lowest BCUT2D eigenvalue weighted by atomic mass is 10.1. The lowest BCUT2D eigenvalue weighted by molar-refractivity contribution is -0.130. The summed E-state index contributed by atoms with van der Waals surface area (Å²) in [7, 11) is 0. The highest BCUT2D eigenvalue weighted by atomic mass is 16.2. The van der Waals surface area contributed by atoms with Crippen LogP contribution in [0, 0.1) is 6.92 Å². The van der Waals surface area contributed by atoms with Gasteiger partial charge in [-0.05, 0) is 43.5 Å². The highest BCUT2D eigenvalue weighted by molar-refractivity contribution is 5.93. The van der Waals surface area contributed by atoms with E-state index in [1.54, 1.807) is 13.1 Å². The average molecular weight is 351 g/mol. The molecule has 0 bridgehead atoms. The van der Waals surface area contributed by atoms with Crippen LogP contribution in [0.5, 0.6) is 0 Å². The molecule has 26 heavy (non-hydrogen) atoms. The van der Waals surface area contributed by atoms with Gasteiger partial charge in [-0.2, -0.15) is 0 Å². The van der Waals surface area contributed by atoms with E-state index in [1.165, 1.54) is 0 Å². The Bertz CT molecular complexity index is 786. The molecule has 5 nitrogen and oxygen atoms in total. The van der Waals surface area contributed by atoms with Crippen molar-refractivity contribution in [1.29, 1.82) is 0 Å². The monoisotopic (exact) mass is 351 g/mol. The van der Waals surface area contributed by atoms with E-state index >= 15 is 0 Å². The molecule has 0 unspecified atom stereocenters. The second-order valence-electron chi connectivity index (χ2n) is 6.79. The largest absolute Gasteiger partial charge is 0.355 e. The Labute approximate surface area is 154 Å². The highest BCUT2D eigenvalue weighted by Gasteiger charge is 2.20. The minimum absolute atomic E-state index is 0.0212. The molecule has 0 spiro atoms. The van der Waals surface area contributed by atoms with Crippen LogP contribution < -0.4 is 4.90 Å². The van der Waals surface area contributed by atoms with Crippen LogP contribution in [0.25, 0.3) is 0 Å². The summed E-state index contributed by atoms with van der Waals surface area (Å²) < 4.78 is 0. The molecule has 1 aliphatic rings. The van der Waals surface area contributed by atoms with E-state index in [0.717, 1.165) is 43.0 Å². The predicted molar refractivity (Wildman–Crippen MR) is 103 cm³/mol. The quantitative estimate of drug-likeness (QED) is 0.795. The SMILES string of the molecule is CC(=O)c1ccc(N2CCCN(C(=O)Cc3ccccc3C)CC2)nc1. The molecule has 136 valence electrons. The molecule has 0 radical (unpaired) electrons. The number of amides is 1. The second kappa shape index (κ2) is 8.13. The van der Waals surface area contributed by atoms with Crippen LogP contribution in [-0.4, -0.2) is 47.8 Å². The number of pyridine rings is 1. The molecule has 0 aliphatic carbocycles. The Morgan fingerprint density at radius 2 is 1.85 bits per heavy atom. The molecule has 1 aromatic heterocycles. The number of carbonyl (C=O) groups is 2. The fraction of sp³-hybridized carbons (Fsp3) is 0.381. The normalized spacial score (nSPS) is 14.8. The molecule has 1 amide bonds. The zero-order valence-corrected chi connectivity index (χ0v) is 15.4. The number of hydrogen-bond donors (Lipinski definition) is 0. The molecule has 2 heterocycles. The van der Waals surface area contributed by atoms with Gasteiger partial charge in [0.2, 0.25) is 5.91 Å². The van der Waals surface area contributed by atoms with Gasteiger partial charge in [-0.25, -0.2) is 4.98 Å². The van der Waals surface area contributed by atoms with Gasteiger partial charge in [0.1, 0.15) is 5.82 Å². The third-order valence-electron chi connectivity index (χ3n) is 4.93. The average Bonchev–Trinajstić information content (AvgIpc) is 2.90. The molecule has 1 fully saturated rings. The van der Waals surface area contributed by atoms with Gasteiger partial charge in [0.05, 0.1) is 6.42 Å². The first kappa shape index (κ1) is 18.1. The van der Waals surface area contributed by atoms with Crippen molar-refractivity contribution < 1.29 is 9.59 Å². The summed E-state index contributed by atoms with van der Waals surface area (Å²) in [6, 6.07) is 11.8. The topological polar surface area (TPSA) is 53.5 Å². The van der Waals surface area contributed by atoms with Crippen molar-refractivity contribution in [2.75, 3.05) is 31.1 Å². The number of carbonyl (C=O) groups excluding carboxylic acids is 2. The maximum absolute atomic E-state index is 12.7. The maximum atomic E-state index is 12.7. The van der Waals surface area contributed by atoms with E-state index < -0.39 is 0 Å². The fourth-order valence-electron chi connectivity index (χ4n) is 3.26. The van der Waals surface area contributed by atoms with Gasteiger partial charge in [-0.15, -0.1) is 0 Å². The van der Waals surface area contributed by atoms with Crippen LogP contribution in [0.3, 0.4) is 0 Å². The Morgan fingerprint density at radius 3 is 2.54 bits per heavy atom. The molecule has 2 aromatic rings. The van der Waals surface area contributed by atoms with Gasteiger partial charge in [0, 0.05) is 37.9 Å². The van der Waals surface area contributed by atoms with Gasteiger partial charge in [0.25, 0.3) is 0 Å². The van der Waals surface area contributed by atoms with E-state index in [2.05, 4.69) is 9.88 Å². The lowest BCUT2D eigenvalue weighted by Gasteiger charge is -2.23. The van der Waals surface area contributed by atoms with Gasteiger partial charge < -0.3 is 9.80 Å². The predicted octanol–water partition coefficient (Wildman–Crippen LogP) is 2.87. The van der Waals surface area contributed by atoms with Crippen LogP contribution in [0.4, 0.5) is 5.82 Å². The molecule has 1 saturated heterocycles. The lowest BCUT2D eigenvalue weighted by Crippen LogP contribution is -2.36. The smallest absolute Gasteiger partial charge is 0.227 e. The zero-order valence-electron chi connectivity index (χ0n) is 15.4. The number of aromatic nitrogens is 1. The van der Waals surface area contributed by atoms with E-state index in [4.69, 9.17) is 0 Å². The van der Waals surface area contributed by atoms with Crippen LogP contribution in [0.2, 0.25) is 0 Å². The number of hydrogen-bond acceptors (Lipinski definition) is 4. The van der Waals surface area contributed by atoms with Gasteiger partial charge in [-0.1, -0.05) is 24.3 Å². The van der Waals surface area contributed by atoms with Crippen LogP contribution in [0.15, 0.2) is 42.6 Å². The van der Waals surface area contributed by atoms with E-state index in [-0.39, 0.29) is 11.7 Å². The number of anilines is 1. The second-order valence-corrected chi connectivity index (χ2v) is 6.79. The number of benzene rings is 1. The van der Waals surface area contributed by atoms with Crippen molar-refractivity contribution in [3.8, 4) is 0 Å². The van der Waals surface area contributed by atoms with Gasteiger partial charge in [0.15, 0.2) is 5.78 Å². The van der Waals surface area contributed by atoms with Crippen molar-refractivity contribution in [3.05, 3.63) is 59.3 Å². The molecule has 1 aromatic carbocycles. The molecular formula is C21H25N3O2. The highest BCUT2D eigenvalue weighted by Crippen LogP contribution is 2.16. The summed E-state index contributed by atoms with van der Waals surface area (Å²) in [5.74, 6) is 1.07. The minimum Gasteiger partial charge on any atom is -0.355 e. The first-order valence-corrected chi connectivity index (χ1v) is 9.09. The number of nitrogens with zero attached hydrogens (tertiary/aromatic N) is 3. The minimum atomic E-state index is 0.0212. The number of rotatable bonds is 4. The van der Waals surface area contributed by atoms with Gasteiger partial charge >= 0.3 is 0 Å². The number of aryl methyl sites for hydroxylation is 1. The van der Waals surface area contributed by atoms with E-state index in [9.17, 15) is 9.59 Å². The van der Waals surface area contributed by atoms with Crippen molar-refractivity contribution in [2.45, 2.75) is 26.7 Å². The Kier molecular flexibility index (Phi) is 5.66. The first-order chi connectivity index (χ1) is 12.5. The summed E-state index contributed by atoms with van der Waals surface area (Å²) >= 11 is 0. The van der Waals surface area contributed by atoms with Crippen LogP contribution in [0.1, 0.15) is 34.8 Å². The summed E-state index contributed by atoms with van der Waals surface area (Å²) in [6.45, 7) is 6.67. The Hall–Kier alpha value is -2.69. The number of ketones is 1. The van der Waals surface area contributed by atoms with Crippen molar-refractivity contribution >= 4 is 17.5 Å². The molecule has 1 aliphatic heterocycles. The van der Waals surface area contributed by atoms with Crippen molar-refractivity contribution in [2.24, 2.45) is 0 Å². The van der Waals surface area contributed by atoms with Crippen LogP contribution in [-0.2, 0) is 11.2 Å². The van der Waals surface area contributed by atoms with Crippen LogP contribution >= 0.6 is 0 Å². The summed E-state index contributed by atoms with van der Waals surface area (Å²) in [5, 5.41) is 0. The maximum Gasteiger partial charge on any atom is 0.227 e. The zero-order chi connectivity index (χ0) is 18.5. The molecule has 5 heteroatoms. The molecule has 0 saturated carbocycles. The summed E-state index contributed by atoms with van der Waals surface area (Å²) in [4.78, 5) is 32.6. The Balaban J connectivity index is 1.61. The summed E-state index contributed by atoms with van der Waals surface area (Å²) in [5.41, 5.74) is 2.88. The first-order valence-electron chi connectivity index (χ1n) is 9.09. The molecule has 0 atom stereocenters. The molecule has 3 rings (SSSR count). The van der Waals surface area contributed by atoms with E-state index in [0.29, 0.717) is 18.5 Å². The van der Waals surface area contributed by atoms with Gasteiger partial charge in [-0.3, -0.25) is 9.59 Å². The Morgan fingerprint density at radius 1 is 1.04 bits per heavy atom. The molecular weight excluding hydrogens is 326 g/mol. The summed E-state index contributed by atoms with van der Waals surface area (Å²) in [6.07, 6.45) is 3.00. The number of Topliss-reactive ketones (excluding diaryl/α,β-unsaturated/α-hetero) is 1. The standard InChI is InChI=1S/C21H25N3O2/c1-16-6-3-4-7-18(16)14-21(26)24-11-5-10-23(12-13-24)20-9-8-19(15-22-20)17(2)25/h3-4,6-9,15H,5,10-14H2,1-2H3. The van der Waals surface area contributed by atoms with E-state index in [1.807, 2.05) is 48.2 Å². The third kappa shape index (κ3) is 4.28. The van der Waals surface area contributed by atoms with Crippen molar-refractivity contribution in [3.63, 3.8) is 0 Å². The fourth-order valence-corrected chi connectivity index (χ4v) is 3.26. The molecule has 0 N–H and O–H groups in total. The third-order valence-corrected chi connectivity index (χ3v) is 4.93.